The molecule has 0 spiro atoms. The second-order valence-electron chi connectivity index (χ2n) is 2.55. The van der Waals surface area contributed by atoms with E-state index in [1.54, 1.807) is 0 Å². The molecular formula is C9H13NO. The van der Waals surface area contributed by atoms with Crippen LogP contribution in [0, 0.1) is 0 Å². The summed E-state index contributed by atoms with van der Waals surface area (Å²) < 4.78 is 4.71. The lowest BCUT2D eigenvalue weighted by Gasteiger charge is -1.83. The van der Waals surface area contributed by atoms with Gasteiger partial charge in [0.05, 0.1) is 12.7 Å². The van der Waals surface area contributed by atoms with Crippen molar-refractivity contribution in [2.75, 3.05) is 12.3 Å². The van der Waals surface area contributed by atoms with Crippen molar-refractivity contribution in [2.24, 2.45) is 0 Å². The Bertz CT molecular complexity index is 194. The summed E-state index contributed by atoms with van der Waals surface area (Å²) in [5, 5.41) is 0. The number of nitrogens with two attached hydrogens (primary N) is 1. The Balaban J connectivity index is 0.000000128. The molecule has 2 heteroatoms. The van der Waals surface area contributed by atoms with E-state index < -0.39 is 0 Å². The van der Waals surface area contributed by atoms with E-state index in [1.165, 1.54) is 0 Å². The molecule has 60 valence electrons. The van der Waals surface area contributed by atoms with Crippen LogP contribution in [0.3, 0.4) is 0 Å². The summed E-state index contributed by atoms with van der Waals surface area (Å²) in [4.78, 5) is 0. The van der Waals surface area contributed by atoms with Crippen molar-refractivity contribution >= 4 is 5.69 Å². The molecule has 1 aromatic rings. The first-order chi connectivity index (χ1) is 5.29. The second kappa shape index (κ2) is 3.98. The number of benzene rings is 1. The van der Waals surface area contributed by atoms with Crippen LogP contribution >= 0.6 is 0 Å². The molecule has 11 heavy (non-hydrogen) atoms. The number of epoxide rings is 1. The van der Waals surface area contributed by atoms with E-state index >= 15 is 0 Å². The van der Waals surface area contributed by atoms with Gasteiger partial charge in [0.25, 0.3) is 0 Å². The molecular weight excluding hydrogens is 138 g/mol. The van der Waals surface area contributed by atoms with Crippen molar-refractivity contribution < 1.29 is 4.74 Å². The van der Waals surface area contributed by atoms with Gasteiger partial charge in [-0.2, -0.15) is 0 Å². The van der Waals surface area contributed by atoms with Gasteiger partial charge in [-0.05, 0) is 19.1 Å². The van der Waals surface area contributed by atoms with Crippen LogP contribution in [0.5, 0.6) is 0 Å². The van der Waals surface area contributed by atoms with Crippen molar-refractivity contribution in [2.45, 2.75) is 13.0 Å². The van der Waals surface area contributed by atoms with Crippen molar-refractivity contribution in [3.8, 4) is 0 Å². The molecule has 0 bridgehead atoms. The summed E-state index contributed by atoms with van der Waals surface area (Å²) in [5.74, 6) is 0. The third kappa shape index (κ3) is 4.39. The molecule has 2 nitrogen and oxygen atoms in total. The minimum absolute atomic E-state index is 0.583. The second-order valence-corrected chi connectivity index (χ2v) is 2.55. The lowest BCUT2D eigenvalue weighted by atomic mass is 10.3. The van der Waals surface area contributed by atoms with Gasteiger partial charge in [0.1, 0.15) is 0 Å². The monoisotopic (exact) mass is 151 g/mol. The normalized spacial score (nSPS) is 19.9. The zero-order valence-electron chi connectivity index (χ0n) is 6.66. The highest BCUT2D eigenvalue weighted by atomic mass is 16.6. The molecule has 0 saturated carbocycles. The van der Waals surface area contributed by atoms with Crippen molar-refractivity contribution in [1.29, 1.82) is 0 Å². The number of hydrogen-bond acceptors (Lipinski definition) is 2. The van der Waals surface area contributed by atoms with Crippen LogP contribution in [0.4, 0.5) is 5.69 Å². The maximum absolute atomic E-state index is 5.36. The van der Waals surface area contributed by atoms with Crippen molar-refractivity contribution in [1.82, 2.24) is 0 Å². The predicted molar refractivity (Wildman–Crippen MR) is 46.3 cm³/mol. The van der Waals surface area contributed by atoms with Gasteiger partial charge >= 0.3 is 0 Å². The number of ether oxygens (including phenoxy) is 1. The van der Waals surface area contributed by atoms with Crippen LogP contribution in [-0.4, -0.2) is 12.7 Å². The van der Waals surface area contributed by atoms with Crippen LogP contribution in [0.2, 0.25) is 0 Å². The molecule has 1 saturated heterocycles. The van der Waals surface area contributed by atoms with E-state index in [4.69, 9.17) is 10.5 Å². The molecule has 1 unspecified atom stereocenters. The standard InChI is InChI=1S/C6H7N.C3H6O/c7-6-4-2-1-3-5-6;1-3-2-4-3/h1-5H,7H2;3H,2H2,1H3. The molecule has 0 aromatic heterocycles. The molecule has 2 N–H and O–H groups in total. The lowest BCUT2D eigenvalue weighted by Crippen LogP contribution is -1.79. The Hall–Kier alpha value is -1.02. The van der Waals surface area contributed by atoms with Crippen LogP contribution in [0.25, 0.3) is 0 Å². The van der Waals surface area contributed by atoms with Gasteiger partial charge in [0.2, 0.25) is 0 Å². The molecule has 1 atom stereocenters. The van der Waals surface area contributed by atoms with Crippen LogP contribution in [0.15, 0.2) is 30.3 Å². The van der Waals surface area contributed by atoms with E-state index in [0.717, 1.165) is 12.3 Å². The predicted octanol–water partition coefficient (Wildman–Crippen LogP) is 1.67. The first-order valence-corrected chi connectivity index (χ1v) is 3.71. The fraction of sp³-hybridized carbons (Fsp3) is 0.333. The Kier molecular flexibility index (Phi) is 2.93. The summed E-state index contributed by atoms with van der Waals surface area (Å²) in [6.07, 6.45) is 0.583. The van der Waals surface area contributed by atoms with E-state index in [1.807, 2.05) is 30.3 Å². The average molecular weight is 151 g/mol. The van der Waals surface area contributed by atoms with Crippen LogP contribution < -0.4 is 5.73 Å². The van der Waals surface area contributed by atoms with Gasteiger partial charge in [0.15, 0.2) is 0 Å². The summed E-state index contributed by atoms with van der Waals surface area (Å²) in [6, 6.07) is 9.49. The van der Waals surface area contributed by atoms with E-state index in [2.05, 4.69) is 6.92 Å². The minimum atomic E-state index is 0.583. The highest BCUT2D eigenvalue weighted by Gasteiger charge is 2.13. The smallest absolute Gasteiger partial charge is 0.0781 e. The Morgan fingerprint density at radius 3 is 2.00 bits per heavy atom. The highest BCUT2D eigenvalue weighted by Crippen LogP contribution is 2.04. The molecule has 2 rings (SSSR count). The van der Waals surface area contributed by atoms with Crippen molar-refractivity contribution in [3.63, 3.8) is 0 Å². The quantitative estimate of drug-likeness (QED) is 0.452. The van der Waals surface area contributed by atoms with Crippen molar-refractivity contribution in [3.05, 3.63) is 30.3 Å². The Morgan fingerprint density at radius 1 is 1.36 bits per heavy atom. The van der Waals surface area contributed by atoms with Crippen LogP contribution in [-0.2, 0) is 4.74 Å². The fourth-order valence-corrected chi connectivity index (χ4v) is 0.549. The molecule has 1 heterocycles. The first-order valence-electron chi connectivity index (χ1n) is 3.71. The molecule has 0 radical (unpaired) electrons. The molecule has 1 aliphatic rings. The molecule has 1 fully saturated rings. The zero-order valence-corrected chi connectivity index (χ0v) is 6.66. The maximum Gasteiger partial charge on any atom is 0.0781 e. The zero-order chi connectivity index (χ0) is 8.10. The molecule has 1 aromatic carbocycles. The van der Waals surface area contributed by atoms with Gasteiger partial charge in [0, 0.05) is 5.69 Å². The summed E-state index contributed by atoms with van der Waals surface area (Å²) in [6.45, 7) is 3.04. The van der Waals surface area contributed by atoms with Gasteiger partial charge in [-0.15, -0.1) is 0 Å². The largest absolute Gasteiger partial charge is 0.399 e. The van der Waals surface area contributed by atoms with Gasteiger partial charge in [-0.1, -0.05) is 18.2 Å². The summed E-state index contributed by atoms with van der Waals surface area (Å²) in [5.41, 5.74) is 6.18. The Labute approximate surface area is 67.0 Å². The highest BCUT2D eigenvalue weighted by molar-refractivity contribution is 5.35. The summed E-state index contributed by atoms with van der Waals surface area (Å²) in [7, 11) is 0. The average Bonchev–Trinajstić information content (AvgIpc) is 2.75. The van der Waals surface area contributed by atoms with E-state index in [0.29, 0.717) is 6.10 Å². The minimum Gasteiger partial charge on any atom is -0.399 e. The number of rotatable bonds is 0. The summed E-state index contributed by atoms with van der Waals surface area (Å²) >= 11 is 0. The Morgan fingerprint density at radius 2 is 1.82 bits per heavy atom. The number of hydrogen-bond donors (Lipinski definition) is 1. The van der Waals surface area contributed by atoms with Gasteiger partial charge in [-0.25, -0.2) is 0 Å². The number of nitrogen functional groups attached to an aromatic ring is 1. The van der Waals surface area contributed by atoms with E-state index in [9.17, 15) is 0 Å². The topological polar surface area (TPSA) is 38.5 Å². The maximum atomic E-state index is 5.36. The van der Waals surface area contributed by atoms with Crippen LogP contribution in [0.1, 0.15) is 6.92 Å². The third-order valence-electron chi connectivity index (χ3n) is 1.30. The number of para-hydroxylation sites is 1. The van der Waals surface area contributed by atoms with Gasteiger partial charge < -0.3 is 10.5 Å². The molecule has 0 aliphatic carbocycles. The van der Waals surface area contributed by atoms with Gasteiger partial charge in [-0.3, -0.25) is 0 Å². The molecule has 1 aliphatic heterocycles. The first kappa shape index (κ1) is 8.08. The molecule has 0 amide bonds. The van der Waals surface area contributed by atoms with E-state index in [-0.39, 0.29) is 0 Å². The fourth-order valence-electron chi connectivity index (χ4n) is 0.549. The lowest BCUT2D eigenvalue weighted by molar-refractivity contribution is 0.423. The SMILES string of the molecule is CC1CO1.Nc1ccccc1. The number of anilines is 1. The third-order valence-corrected chi connectivity index (χ3v) is 1.30.